The minimum Gasteiger partial charge on any atom is -0.389 e. The van der Waals surface area contributed by atoms with Crippen LogP contribution < -0.4 is 0 Å². The van der Waals surface area contributed by atoms with Crippen LogP contribution in [-0.2, 0) is 0 Å². The van der Waals surface area contributed by atoms with Crippen LogP contribution in [-0.4, -0.2) is 21.4 Å². The standard InChI is InChI=1S/C18H30O2/c1-2-9-16(18(20)13-7-4-8-14-18)10-15-17(19)11-5-3-6-12-17/h16,19-20H,2-9,11-14H2,1H3. The molecule has 2 heteroatoms. The Morgan fingerprint density at radius 1 is 0.900 bits per heavy atom. The lowest BCUT2D eigenvalue weighted by atomic mass is 9.73. The molecule has 2 N–H and O–H groups in total. The van der Waals surface area contributed by atoms with Gasteiger partial charge in [0.05, 0.1) is 5.60 Å². The molecule has 2 aliphatic rings. The SMILES string of the molecule is CCCC(C#CC1(O)CCCCC1)C1(O)CCCCC1. The molecule has 2 rings (SSSR count). The van der Waals surface area contributed by atoms with Gasteiger partial charge in [-0.2, -0.15) is 0 Å². The fourth-order valence-electron chi connectivity index (χ4n) is 3.76. The lowest BCUT2D eigenvalue weighted by molar-refractivity contribution is -0.0328. The summed E-state index contributed by atoms with van der Waals surface area (Å²) in [7, 11) is 0. The molecule has 0 amide bonds. The maximum atomic E-state index is 10.9. The van der Waals surface area contributed by atoms with E-state index in [0.717, 1.165) is 64.2 Å². The summed E-state index contributed by atoms with van der Waals surface area (Å²) in [5.74, 6) is 6.48. The quantitative estimate of drug-likeness (QED) is 0.771. The predicted octanol–water partition coefficient (Wildman–Crippen LogP) is 3.80. The summed E-state index contributed by atoms with van der Waals surface area (Å²) in [6.45, 7) is 2.15. The van der Waals surface area contributed by atoms with Crippen molar-refractivity contribution in [1.82, 2.24) is 0 Å². The van der Waals surface area contributed by atoms with E-state index in [9.17, 15) is 10.2 Å². The van der Waals surface area contributed by atoms with Gasteiger partial charge in [0.25, 0.3) is 0 Å². The second kappa shape index (κ2) is 6.96. The summed E-state index contributed by atoms with van der Waals surface area (Å²) >= 11 is 0. The first-order valence-electron chi connectivity index (χ1n) is 8.55. The average molecular weight is 278 g/mol. The smallest absolute Gasteiger partial charge is 0.125 e. The van der Waals surface area contributed by atoms with Gasteiger partial charge in [0.1, 0.15) is 5.60 Å². The minimum atomic E-state index is -0.782. The molecule has 0 aliphatic heterocycles. The van der Waals surface area contributed by atoms with Crippen LogP contribution in [0.5, 0.6) is 0 Å². The predicted molar refractivity (Wildman–Crippen MR) is 82.2 cm³/mol. The van der Waals surface area contributed by atoms with Crippen molar-refractivity contribution in [3.8, 4) is 11.8 Å². The van der Waals surface area contributed by atoms with E-state index >= 15 is 0 Å². The van der Waals surface area contributed by atoms with Crippen molar-refractivity contribution in [2.75, 3.05) is 0 Å². The second-order valence-electron chi connectivity index (χ2n) is 6.87. The molecule has 0 bridgehead atoms. The number of aliphatic hydroxyl groups is 2. The lowest BCUT2D eigenvalue weighted by Crippen LogP contribution is -2.39. The van der Waals surface area contributed by atoms with E-state index in [0.29, 0.717) is 0 Å². The molecule has 0 aromatic rings. The molecule has 114 valence electrons. The summed E-state index contributed by atoms with van der Waals surface area (Å²) in [6, 6.07) is 0. The van der Waals surface area contributed by atoms with Gasteiger partial charge in [-0.25, -0.2) is 0 Å². The van der Waals surface area contributed by atoms with Gasteiger partial charge >= 0.3 is 0 Å². The highest BCUT2D eigenvalue weighted by Gasteiger charge is 2.37. The molecule has 2 saturated carbocycles. The van der Waals surface area contributed by atoms with Crippen molar-refractivity contribution >= 4 is 0 Å². The zero-order chi connectivity index (χ0) is 14.5. The van der Waals surface area contributed by atoms with Crippen LogP contribution in [0.3, 0.4) is 0 Å². The molecule has 0 spiro atoms. The highest BCUT2D eigenvalue weighted by molar-refractivity contribution is 5.19. The van der Waals surface area contributed by atoms with Crippen LogP contribution in [0.15, 0.2) is 0 Å². The van der Waals surface area contributed by atoms with Gasteiger partial charge in [0.2, 0.25) is 0 Å². The molecular weight excluding hydrogens is 248 g/mol. The fourth-order valence-corrected chi connectivity index (χ4v) is 3.76. The Bertz CT molecular complexity index is 351. The summed E-state index contributed by atoms with van der Waals surface area (Å²) < 4.78 is 0. The normalized spacial score (nSPS) is 26.4. The Labute approximate surface area is 124 Å². The Morgan fingerprint density at radius 2 is 1.45 bits per heavy atom. The van der Waals surface area contributed by atoms with Crippen LogP contribution in [0, 0.1) is 17.8 Å². The van der Waals surface area contributed by atoms with Crippen LogP contribution in [0.2, 0.25) is 0 Å². The van der Waals surface area contributed by atoms with E-state index in [-0.39, 0.29) is 5.92 Å². The Hall–Kier alpha value is -0.520. The molecule has 20 heavy (non-hydrogen) atoms. The second-order valence-corrected chi connectivity index (χ2v) is 6.87. The summed E-state index contributed by atoms with van der Waals surface area (Å²) in [5, 5.41) is 21.4. The molecule has 0 saturated heterocycles. The van der Waals surface area contributed by atoms with Crippen LogP contribution in [0.1, 0.15) is 84.0 Å². The Morgan fingerprint density at radius 3 is 2.00 bits per heavy atom. The van der Waals surface area contributed by atoms with Gasteiger partial charge < -0.3 is 10.2 Å². The minimum absolute atomic E-state index is 0.0405. The van der Waals surface area contributed by atoms with E-state index in [2.05, 4.69) is 18.8 Å². The maximum Gasteiger partial charge on any atom is 0.125 e. The molecule has 0 aromatic carbocycles. The van der Waals surface area contributed by atoms with E-state index in [4.69, 9.17) is 0 Å². The van der Waals surface area contributed by atoms with Crippen LogP contribution in [0.25, 0.3) is 0 Å². The van der Waals surface area contributed by atoms with Gasteiger partial charge in [-0.05, 0) is 44.9 Å². The van der Waals surface area contributed by atoms with Crippen molar-refractivity contribution < 1.29 is 10.2 Å². The zero-order valence-electron chi connectivity index (χ0n) is 13.0. The van der Waals surface area contributed by atoms with E-state index in [1.54, 1.807) is 0 Å². The van der Waals surface area contributed by atoms with Crippen LogP contribution >= 0.6 is 0 Å². The number of hydrogen-bond donors (Lipinski definition) is 2. The largest absolute Gasteiger partial charge is 0.389 e. The van der Waals surface area contributed by atoms with E-state index in [1.165, 1.54) is 12.8 Å². The molecule has 0 radical (unpaired) electrons. The summed E-state index contributed by atoms with van der Waals surface area (Å²) in [5.41, 5.74) is -1.39. The van der Waals surface area contributed by atoms with Crippen molar-refractivity contribution in [3.63, 3.8) is 0 Å². The first-order valence-corrected chi connectivity index (χ1v) is 8.55. The molecule has 1 atom stereocenters. The van der Waals surface area contributed by atoms with Gasteiger partial charge in [-0.1, -0.05) is 50.9 Å². The fraction of sp³-hybridized carbons (Fsp3) is 0.889. The molecular formula is C18H30O2. The lowest BCUT2D eigenvalue weighted by Gasteiger charge is -2.37. The van der Waals surface area contributed by atoms with Crippen molar-refractivity contribution in [2.24, 2.45) is 5.92 Å². The monoisotopic (exact) mass is 278 g/mol. The zero-order valence-corrected chi connectivity index (χ0v) is 13.0. The highest BCUT2D eigenvalue weighted by atomic mass is 16.3. The topological polar surface area (TPSA) is 40.5 Å². The number of rotatable bonds is 3. The first-order chi connectivity index (χ1) is 9.58. The van der Waals surface area contributed by atoms with E-state index < -0.39 is 11.2 Å². The molecule has 0 aromatic heterocycles. The third kappa shape index (κ3) is 3.99. The third-order valence-corrected chi connectivity index (χ3v) is 5.11. The van der Waals surface area contributed by atoms with Gasteiger partial charge in [0, 0.05) is 5.92 Å². The first kappa shape index (κ1) is 15.9. The average Bonchev–Trinajstić information content (AvgIpc) is 2.45. The Kier molecular flexibility index (Phi) is 5.52. The molecule has 1 unspecified atom stereocenters. The van der Waals surface area contributed by atoms with E-state index in [1.807, 2.05) is 0 Å². The van der Waals surface area contributed by atoms with Crippen LogP contribution in [0.4, 0.5) is 0 Å². The van der Waals surface area contributed by atoms with Gasteiger partial charge in [0.15, 0.2) is 0 Å². The molecule has 0 heterocycles. The Balaban J connectivity index is 2.08. The van der Waals surface area contributed by atoms with Crippen molar-refractivity contribution in [2.45, 2.75) is 95.2 Å². The van der Waals surface area contributed by atoms with Gasteiger partial charge in [-0.15, -0.1) is 0 Å². The van der Waals surface area contributed by atoms with Gasteiger partial charge in [-0.3, -0.25) is 0 Å². The summed E-state index contributed by atoms with van der Waals surface area (Å²) in [4.78, 5) is 0. The number of hydrogen-bond acceptors (Lipinski definition) is 2. The molecule has 2 aliphatic carbocycles. The summed E-state index contributed by atoms with van der Waals surface area (Å²) in [6.07, 6.45) is 12.2. The van der Waals surface area contributed by atoms with Crippen molar-refractivity contribution in [3.05, 3.63) is 0 Å². The third-order valence-electron chi connectivity index (χ3n) is 5.11. The molecule has 2 fully saturated rings. The van der Waals surface area contributed by atoms with Crippen molar-refractivity contribution in [1.29, 1.82) is 0 Å². The maximum absolute atomic E-state index is 10.9. The highest BCUT2D eigenvalue weighted by Crippen LogP contribution is 2.37. The molecule has 2 nitrogen and oxygen atoms in total.